The summed E-state index contributed by atoms with van der Waals surface area (Å²) in [4.78, 5) is 1.43. The van der Waals surface area contributed by atoms with Gasteiger partial charge in [-0.3, -0.25) is 0 Å². The predicted octanol–water partition coefficient (Wildman–Crippen LogP) is 3.87. The predicted molar refractivity (Wildman–Crippen MR) is 69.4 cm³/mol. The van der Waals surface area contributed by atoms with Crippen LogP contribution in [0.2, 0.25) is 0 Å². The van der Waals surface area contributed by atoms with E-state index in [2.05, 4.69) is 35.8 Å². The van der Waals surface area contributed by atoms with E-state index in [1.54, 1.807) is 0 Å². The molecule has 16 heavy (non-hydrogen) atoms. The van der Waals surface area contributed by atoms with Crippen LogP contribution in [0.15, 0.2) is 17.5 Å². The van der Waals surface area contributed by atoms with Crippen molar-refractivity contribution in [2.24, 2.45) is 0 Å². The minimum absolute atomic E-state index is 0.507. The molecule has 3 heteroatoms. The van der Waals surface area contributed by atoms with Crippen LogP contribution in [0.25, 0.3) is 0 Å². The third-order valence-electron chi connectivity index (χ3n) is 2.57. The topological polar surface area (TPSA) is 35.8 Å². The molecule has 0 aliphatic rings. The maximum Gasteiger partial charge on any atom is 0.0621 e. The van der Waals surface area contributed by atoms with Gasteiger partial charge in [0.05, 0.1) is 6.07 Å². The number of nitrogens with zero attached hydrogens (tertiary/aromatic N) is 1. The van der Waals surface area contributed by atoms with Crippen LogP contribution in [0.3, 0.4) is 0 Å². The fourth-order valence-corrected chi connectivity index (χ4v) is 2.57. The molecule has 1 heterocycles. The maximum atomic E-state index is 8.44. The highest BCUT2D eigenvalue weighted by Crippen LogP contribution is 2.23. The van der Waals surface area contributed by atoms with Crippen LogP contribution >= 0.6 is 11.3 Å². The van der Waals surface area contributed by atoms with Gasteiger partial charge in [0, 0.05) is 17.3 Å². The molecule has 0 aliphatic heterocycles. The van der Waals surface area contributed by atoms with E-state index in [-0.39, 0.29) is 0 Å². The van der Waals surface area contributed by atoms with Crippen LogP contribution in [-0.4, -0.2) is 6.54 Å². The molecule has 0 spiro atoms. The van der Waals surface area contributed by atoms with Crippen molar-refractivity contribution in [3.8, 4) is 6.07 Å². The number of unbranched alkanes of at least 4 members (excludes halogenated alkanes) is 2. The quantitative estimate of drug-likeness (QED) is 0.695. The van der Waals surface area contributed by atoms with Crippen molar-refractivity contribution in [2.45, 2.75) is 45.1 Å². The maximum absolute atomic E-state index is 8.44. The van der Waals surface area contributed by atoms with Crippen molar-refractivity contribution >= 4 is 11.3 Å². The number of hydrogen-bond donors (Lipinski definition) is 1. The van der Waals surface area contributed by atoms with Gasteiger partial charge in [-0.2, -0.15) is 5.26 Å². The molecule has 0 fully saturated rings. The molecule has 0 amide bonds. The zero-order valence-electron chi connectivity index (χ0n) is 9.91. The van der Waals surface area contributed by atoms with Gasteiger partial charge in [0.2, 0.25) is 0 Å². The fourth-order valence-electron chi connectivity index (χ4n) is 1.73. The summed E-state index contributed by atoms with van der Waals surface area (Å²) in [6.45, 7) is 3.24. The molecular weight excluding hydrogens is 216 g/mol. The van der Waals surface area contributed by atoms with Crippen molar-refractivity contribution in [1.82, 2.24) is 5.32 Å². The van der Waals surface area contributed by atoms with E-state index in [0.29, 0.717) is 12.5 Å². The summed E-state index contributed by atoms with van der Waals surface area (Å²) in [5, 5.41) is 14.2. The Morgan fingerprint density at radius 3 is 3.00 bits per heavy atom. The van der Waals surface area contributed by atoms with Crippen molar-refractivity contribution in [1.29, 1.82) is 5.26 Å². The fraction of sp³-hybridized carbons (Fsp3) is 0.615. The van der Waals surface area contributed by atoms with E-state index >= 15 is 0 Å². The molecule has 0 saturated carbocycles. The van der Waals surface area contributed by atoms with E-state index in [1.807, 2.05) is 11.3 Å². The molecule has 0 aromatic carbocycles. The molecule has 1 rings (SSSR count). The van der Waals surface area contributed by atoms with Crippen LogP contribution in [0.5, 0.6) is 0 Å². The van der Waals surface area contributed by atoms with E-state index < -0.39 is 0 Å². The van der Waals surface area contributed by atoms with Gasteiger partial charge in [-0.1, -0.05) is 19.4 Å². The van der Waals surface area contributed by atoms with Crippen molar-refractivity contribution in [2.75, 3.05) is 6.54 Å². The zero-order chi connectivity index (χ0) is 11.6. The second-order valence-electron chi connectivity index (χ2n) is 3.93. The smallest absolute Gasteiger partial charge is 0.0621 e. The lowest BCUT2D eigenvalue weighted by atomic mass is 10.1. The van der Waals surface area contributed by atoms with Gasteiger partial charge in [0.25, 0.3) is 0 Å². The van der Waals surface area contributed by atoms with E-state index in [4.69, 9.17) is 5.26 Å². The Balaban J connectivity index is 2.27. The zero-order valence-corrected chi connectivity index (χ0v) is 10.7. The van der Waals surface area contributed by atoms with Gasteiger partial charge in [-0.15, -0.1) is 11.3 Å². The molecule has 0 aliphatic carbocycles. The second kappa shape index (κ2) is 8.32. The number of thiophene rings is 1. The molecule has 1 unspecified atom stereocenters. The molecular formula is C13H20N2S. The molecule has 1 N–H and O–H groups in total. The minimum atomic E-state index is 0.507. The average Bonchev–Trinajstić information content (AvgIpc) is 2.81. The van der Waals surface area contributed by atoms with E-state index in [0.717, 1.165) is 19.4 Å². The highest BCUT2D eigenvalue weighted by Gasteiger charge is 2.09. The lowest BCUT2D eigenvalue weighted by molar-refractivity contribution is 0.489. The summed E-state index contributed by atoms with van der Waals surface area (Å²) in [6, 6.07) is 7.00. The Morgan fingerprint density at radius 2 is 2.38 bits per heavy atom. The molecule has 1 aromatic rings. The SMILES string of the molecule is CCCC(NCCCCC#N)c1cccs1. The summed E-state index contributed by atoms with van der Waals surface area (Å²) in [5.74, 6) is 0. The Bertz CT molecular complexity index is 300. The molecule has 2 nitrogen and oxygen atoms in total. The van der Waals surface area contributed by atoms with E-state index in [9.17, 15) is 0 Å². The van der Waals surface area contributed by atoms with Crippen LogP contribution < -0.4 is 5.32 Å². The molecule has 88 valence electrons. The first kappa shape index (κ1) is 13.2. The summed E-state index contributed by atoms with van der Waals surface area (Å²) < 4.78 is 0. The Hall–Kier alpha value is -0.850. The third-order valence-corrected chi connectivity index (χ3v) is 3.56. The highest BCUT2D eigenvalue weighted by atomic mass is 32.1. The highest BCUT2D eigenvalue weighted by molar-refractivity contribution is 7.10. The van der Waals surface area contributed by atoms with Crippen molar-refractivity contribution in [3.05, 3.63) is 22.4 Å². The standard InChI is InChI=1S/C13H20N2S/c1-2-7-12(13-8-6-11-16-13)15-10-5-3-4-9-14/h6,8,11-12,15H,2-5,7,10H2,1H3. The largest absolute Gasteiger partial charge is 0.309 e. The lowest BCUT2D eigenvalue weighted by Gasteiger charge is -2.16. The molecule has 0 bridgehead atoms. The Kier molecular flexibility index (Phi) is 6.87. The van der Waals surface area contributed by atoms with Crippen LogP contribution in [-0.2, 0) is 0 Å². The summed E-state index contributed by atoms with van der Waals surface area (Å²) in [7, 11) is 0. The van der Waals surface area contributed by atoms with Crippen molar-refractivity contribution in [3.63, 3.8) is 0 Å². The lowest BCUT2D eigenvalue weighted by Crippen LogP contribution is -2.21. The van der Waals surface area contributed by atoms with Gasteiger partial charge in [-0.05, 0) is 37.3 Å². The van der Waals surface area contributed by atoms with Crippen LogP contribution in [0.4, 0.5) is 0 Å². The number of nitriles is 1. The molecule has 0 saturated heterocycles. The van der Waals surface area contributed by atoms with Gasteiger partial charge in [0.1, 0.15) is 0 Å². The normalized spacial score (nSPS) is 12.2. The first-order chi connectivity index (χ1) is 7.88. The second-order valence-corrected chi connectivity index (χ2v) is 4.91. The Morgan fingerprint density at radius 1 is 1.50 bits per heavy atom. The first-order valence-electron chi connectivity index (χ1n) is 6.02. The summed E-state index contributed by atoms with van der Waals surface area (Å²) in [6.07, 6.45) is 5.18. The van der Waals surface area contributed by atoms with E-state index in [1.165, 1.54) is 17.7 Å². The molecule has 0 radical (unpaired) electrons. The first-order valence-corrected chi connectivity index (χ1v) is 6.90. The van der Waals surface area contributed by atoms with Crippen molar-refractivity contribution < 1.29 is 0 Å². The average molecular weight is 236 g/mol. The summed E-state index contributed by atoms with van der Waals surface area (Å²) in [5.41, 5.74) is 0. The number of rotatable bonds is 8. The Labute approximate surface area is 102 Å². The van der Waals surface area contributed by atoms with Gasteiger partial charge in [-0.25, -0.2) is 0 Å². The van der Waals surface area contributed by atoms with Gasteiger partial charge in [0.15, 0.2) is 0 Å². The van der Waals surface area contributed by atoms with Crippen LogP contribution in [0.1, 0.15) is 49.9 Å². The van der Waals surface area contributed by atoms with Gasteiger partial charge < -0.3 is 5.32 Å². The number of nitrogens with one attached hydrogen (secondary N) is 1. The third kappa shape index (κ3) is 4.78. The minimum Gasteiger partial charge on any atom is -0.309 e. The monoisotopic (exact) mass is 236 g/mol. The number of hydrogen-bond acceptors (Lipinski definition) is 3. The molecule has 1 aromatic heterocycles. The van der Waals surface area contributed by atoms with Crippen LogP contribution in [0, 0.1) is 11.3 Å². The van der Waals surface area contributed by atoms with Gasteiger partial charge >= 0.3 is 0 Å². The molecule has 1 atom stereocenters. The summed E-state index contributed by atoms with van der Waals surface area (Å²) >= 11 is 1.82.